The van der Waals surface area contributed by atoms with Gasteiger partial charge in [0, 0.05) is 21.0 Å². The number of anilines is 1. The molecule has 1 aromatic heterocycles. The zero-order valence-corrected chi connectivity index (χ0v) is 15.7. The van der Waals surface area contributed by atoms with Crippen molar-refractivity contribution in [3.8, 4) is 0 Å². The van der Waals surface area contributed by atoms with Crippen LogP contribution >= 0.6 is 22.9 Å². The van der Waals surface area contributed by atoms with Crippen LogP contribution in [0.4, 0.5) is 9.80 Å². The number of aliphatic imine (C=N–C) groups is 1. The Hall–Kier alpha value is -2.38. The topological polar surface area (TPSA) is 82.0 Å². The minimum Gasteiger partial charge on any atom is -0.465 e. The van der Waals surface area contributed by atoms with Gasteiger partial charge in [0.1, 0.15) is 5.00 Å². The van der Waals surface area contributed by atoms with E-state index in [0.717, 1.165) is 26.6 Å². The third kappa shape index (κ3) is 2.59. The van der Waals surface area contributed by atoms with Gasteiger partial charge in [-0.3, -0.25) is 9.79 Å². The molecule has 1 aromatic carbocycles. The van der Waals surface area contributed by atoms with Gasteiger partial charge in [0.2, 0.25) is 0 Å². The van der Waals surface area contributed by atoms with Gasteiger partial charge in [-0.2, -0.15) is 0 Å². The molecule has 2 aliphatic heterocycles. The first-order valence-corrected chi connectivity index (χ1v) is 9.25. The summed E-state index contributed by atoms with van der Waals surface area (Å²) in [6, 6.07) is 7.54. The Kier molecular flexibility index (Phi) is 3.82. The first-order valence-electron chi connectivity index (χ1n) is 8.05. The summed E-state index contributed by atoms with van der Waals surface area (Å²) < 4.78 is 0. The van der Waals surface area contributed by atoms with Gasteiger partial charge < -0.3 is 15.3 Å². The number of fused-ring (bicyclic) bond motifs is 1. The number of aryl methyl sites for hydroxylation is 2. The lowest BCUT2D eigenvalue weighted by Crippen LogP contribution is -2.67. The molecule has 0 atom stereocenters. The summed E-state index contributed by atoms with van der Waals surface area (Å²) in [5.74, 6) is -0.264. The summed E-state index contributed by atoms with van der Waals surface area (Å²) in [7, 11) is 0. The normalized spacial score (nSPS) is 17.9. The smallest absolute Gasteiger partial charge is 0.407 e. The number of hydrogen-bond donors (Lipinski definition) is 2. The number of nitrogens with one attached hydrogen (secondary N) is 1. The van der Waals surface area contributed by atoms with Crippen LogP contribution in [0.25, 0.3) is 0 Å². The first-order chi connectivity index (χ1) is 12.3. The number of carbonyl (C=O) groups excluding carboxylic acids is 1. The first kappa shape index (κ1) is 17.1. The van der Waals surface area contributed by atoms with Crippen molar-refractivity contribution >= 4 is 45.7 Å². The number of benzene rings is 1. The average Bonchev–Trinajstić information content (AvgIpc) is 2.82. The molecule has 2 N–H and O–H groups in total. The molecule has 6 nitrogen and oxygen atoms in total. The predicted molar refractivity (Wildman–Crippen MR) is 102 cm³/mol. The fraction of sp³-hybridized carbons (Fsp3) is 0.278. The highest BCUT2D eigenvalue weighted by Gasteiger charge is 2.53. The summed E-state index contributed by atoms with van der Waals surface area (Å²) in [6.45, 7) is 4.03. The van der Waals surface area contributed by atoms with Crippen LogP contribution < -0.4 is 5.32 Å². The largest absolute Gasteiger partial charge is 0.465 e. The van der Waals surface area contributed by atoms with Gasteiger partial charge >= 0.3 is 6.09 Å². The molecule has 26 heavy (non-hydrogen) atoms. The van der Waals surface area contributed by atoms with Gasteiger partial charge in [-0.1, -0.05) is 17.7 Å². The second kappa shape index (κ2) is 5.82. The highest BCUT2D eigenvalue weighted by Crippen LogP contribution is 2.38. The second-order valence-corrected chi connectivity index (χ2v) is 8.34. The SMILES string of the molecule is Cc1cc2c(s1)NC(=O)C1(CN(C(=O)O)C1)N=C2c1ccc(Cl)cc1C. The lowest BCUT2D eigenvalue weighted by atomic mass is 9.89. The fourth-order valence-electron chi connectivity index (χ4n) is 3.36. The summed E-state index contributed by atoms with van der Waals surface area (Å²) in [5, 5.41) is 13.5. The van der Waals surface area contributed by atoms with Crippen LogP contribution in [-0.4, -0.2) is 46.3 Å². The summed E-state index contributed by atoms with van der Waals surface area (Å²) in [4.78, 5) is 31.1. The summed E-state index contributed by atoms with van der Waals surface area (Å²) >= 11 is 7.58. The molecule has 2 aromatic rings. The van der Waals surface area contributed by atoms with Crippen molar-refractivity contribution in [3.05, 3.63) is 50.9 Å². The van der Waals surface area contributed by atoms with Crippen molar-refractivity contribution < 1.29 is 14.7 Å². The van der Waals surface area contributed by atoms with Gasteiger partial charge in [-0.25, -0.2) is 4.79 Å². The molecule has 4 rings (SSSR count). The van der Waals surface area contributed by atoms with Crippen molar-refractivity contribution in [1.29, 1.82) is 0 Å². The number of amides is 2. The van der Waals surface area contributed by atoms with Crippen molar-refractivity contribution in [2.24, 2.45) is 4.99 Å². The maximum Gasteiger partial charge on any atom is 0.407 e. The Bertz CT molecular complexity index is 976. The molecule has 2 aliphatic rings. The zero-order valence-electron chi connectivity index (χ0n) is 14.2. The van der Waals surface area contributed by atoms with Crippen LogP contribution in [-0.2, 0) is 4.79 Å². The zero-order chi connectivity index (χ0) is 18.6. The van der Waals surface area contributed by atoms with Crippen molar-refractivity contribution in [2.75, 3.05) is 18.4 Å². The van der Waals surface area contributed by atoms with E-state index in [4.69, 9.17) is 21.7 Å². The standard InChI is InChI=1S/C18H16ClN3O3S/c1-9-5-11(19)3-4-12(9)14-13-6-10(2)26-15(13)20-16(23)18(21-14)7-22(8-18)17(24)25/h3-6H,7-8H2,1-2H3,(H,20,23)(H,24,25). The Labute approximate surface area is 159 Å². The van der Waals surface area contributed by atoms with Crippen LogP contribution in [0.3, 0.4) is 0 Å². The number of rotatable bonds is 1. The molecule has 134 valence electrons. The third-order valence-electron chi connectivity index (χ3n) is 4.70. The Balaban J connectivity index is 1.89. The molecule has 1 saturated heterocycles. The minimum absolute atomic E-state index is 0.0538. The van der Waals surface area contributed by atoms with E-state index in [1.54, 1.807) is 6.07 Å². The molecule has 0 saturated carbocycles. The van der Waals surface area contributed by atoms with Crippen LogP contribution in [0.2, 0.25) is 5.02 Å². The quantitative estimate of drug-likeness (QED) is 0.782. The Morgan fingerprint density at radius 2 is 2.04 bits per heavy atom. The number of halogens is 1. The molecule has 3 heterocycles. The Morgan fingerprint density at radius 1 is 1.31 bits per heavy atom. The maximum atomic E-state index is 12.8. The van der Waals surface area contributed by atoms with E-state index in [2.05, 4.69) is 5.32 Å². The van der Waals surface area contributed by atoms with Gasteiger partial charge in [0.05, 0.1) is 18.8 Å². The second-order valence-electron chi connectivity index (χ2n) is 6.64. The molecule has 0 unspecified atom stereocenters. The average molecular weight is 390 g/mol. The van der Waals surface area contributed by atoms with Crippen molar-refractivity contribution in [3.63, 3.8) is 0 Å². The predicted octanol–water partition coefficient (Wildman–Crippen LogP) is 3.54. The molecule has 0 aliphatic carbocycles. The van der Waals surface area contributed by atoms with E-state index in [-0.39, 0.29) is 19.0 Å². The lowest BCUT2D eigenvalue weighted by molar-refractivity contribution is -0.125. The van der Waals surface area contributed by atoms with Crippen LogP contribution in [0.5, 0.6) is 0 Å². The van der Waals surface area contributed by atoms with Crippen LogP contribution in [0.15, 0.2) is 29.3 Å². The number of carbonyl (C=O) groups is 2. The maximum absolute atomic E-state index is 12.8. The van der Waals surface area contributed by atoms with E-state index >= 15 is 0 Å². The van der Waals surface area contributed by atoms with Gasteiger partial charge in [0.15, 0.2) is 5.54 Å². The number of hydrogen-bond acceptors (Lipinski definition) is 4. The van der Waals surface area contributed by atoms with Crippen LogP contribution in [0, 0.1) is 13.8 Å². The molecule has 0 radical (unpaired) electrons. The molecular weight excluding hydrogens is 374 g/mol. The Morgan fingerprint density at radius 3 is 2.69 bits per heavy atom. The highest BCUT2D eigenvalue weighted by atomic mass is 35.5. The van der Waals surface area contributed by atoms with Crippen molar-refractivity contribution in [2.45, 2.75) is 19.4 Å². The fourth-order valence-corrected chi connectivity index (χ4v) is 4.49. The third-order valence-corrected chi connectivity index (χ3v) is 5.91. The van der Waals surface area contributed by atoms with Crippen LogP contribution in [0.1, 0.15) is 21.6 Å². The van der Waals surface area contributed by atoms with Gasteiger partial charge in [-0.15, -0.1) is 11.3 Å². The van der Waals surface area contributed by atoms with Gasteiger partial charge in [0.25, 0.3) is 5.91 Å². The minimum atomic E-state index is -1.09. The van der Waals surface area contributed by atoms with E-state index in [0.29, 0.717) is 10.7 Å². The van der Waals surface area contributed by atoms with E-state index in [1.807, 2.05) is 32.0 Å². The summed E-state index contributed by atoms with van der Waals surface area (Å²) in [6.07, 6.45) is -1.04. The molecule has 2 amide bonds. The number of likely N-dealkylation sites (tertiary alicyclic amines) is 1. The monoisotopic (exact) mass is 389 g/mol. The van der Waals surface area contributed by atoms with Gasteiger partial charge in [-0.05, 0) is 37.6 Å². The molecule has 0 bridgehead atoms. The number of carboxylic acid groups (broad SMARTS) is 1. The van der Waals surface area contributed by atoms with E-state index in [1.165, 1.54) is 16.2 Å². The van der Waals surface area contributed by atoms with Crippen molar-refractivity contribution in [1.82, 2.24) is 4.90 Å². The molecule has 1 spiro atoms. The van der Waals surface area contributed by atoms with E-state index < -0.39 is 11.6 Å². The number of nitrogens with zero attached hydrogens (tertiary/aromatic N) is 2. The molecule has 8 heteroatoms. The summed E-state index contributed by atoms with van der Waals surface area (Å²) in [5.41, 5.74) is 2.30. The molecular formula is C18H16ClN3O3S. The molecule has 1 fully saturated rings. The number of thiophene rings is 1. The highest BCUT2D eigenvalue weighted by molar-refractivity contribution is 7.16. The van der Waals surface area contributed by atoms with E-state index in [9.17, 15) is 9.59 Å². The lowest BCUT2D eigenvalue weighted by Gasteiger charge is -2.44.